The van der Waals surface area contributed by atoms with Gasteiger partial charge in [0.15, 0.2) is 0 Å². The quantitative estimate of drug-likeness (QED) is 0.689. The van der Waals surface area contributed by atoms with Gasteiger partial charge in [0, 0.05) is 24.7 Å². The lowest BCUT2D eigenvalue weighted by molar-refractivity contribution is -0.126. The Morgan fingerprint density at radius 1 is 1.10 bits per heavy atom. The smallest absolute Gasteiger partial charge is 0.224 e. The summed E-state index contributed by atoms with van der Waals surface area (Å²) >= 11 is 6.13. The van der Waals surface area contributed by atoms with Gasteiger partial charge in [0.25, 0.3) is 0 Å². The maximum Gasteiger partial charge on any atom is 0.224 e. The van der Waals surface area contributed by atoms with Crippen LogP contribution in [0.4, 0.5) is 0 Å². The van der Waals surface area contributed by atoms with Gasteiger partial charge in [-0.15, -0.1) is 0 Å². The second kappa shape index (κ2) is 10.2. The monoisotopic (exact) mass is 434 g/mol. The van der Waals surface area contributed by atoms with Crippen LogP contribution in [-0.2, 0) is 27.8 Å². The first-order valence-electron chi connectivity index (χ1n) is 9.98. The predicted octanol–water partition coefficient (Wildman–Crippen LogP) is 3.63. The molecule has 1 atom stereocenters. The molecule has 1 saturated heterocycles. The number of nitrogens with zero attached hydrogens (tertiary/aromatic N) is 1. The minimum Gasteiger partial charge on any atom is -0.352 e. The minimum atomic E-state index is -3.36. The number of aryl methyl sites for hydroxylation is 1. The number of benzene rings is 2. The summed E-state index contributed by atoms with van der Waals surface area (Å²) in [5.74, 6) is -0.334. The molecule has 0 unspecified atom stereocenters. The number of nitrogens with one attached hydrogen (secondary N) is 1. The van der Waals surface area contributed by atoms with Gasteiger partial charge in [-0.1, -0.05) is 60.1 Å². The van der Waals surface area contributed by atoms with Crippen molar-refractivity contribution < 1.29 is 13.2 Å². The number of rotatable bonds is 8. The van der Waals surface area contributed by atoms with Crippen LogP contribution in [-0.4, -0.2) is 37.5 Å². The maximum absolute atomic E-state index is 12.7. The van der Waals surface area contributed by atoms with Gasteiger partial charge in [-0.3, -0.25) is 4.79 Å². The third-order valence-corrected chi connectivity index (χ3v) is 7.56. The molecule has 1 amide bonds. The number of carbonyl (C=O) groups excluding carboxylic acids is 1. The molecule has 1 N–H and O–H groups in total. The van der Waals surface area contributed by atoms with Gasteiger partial charge in [0.05, 0.1) is 11.7 Å². The third-order valence-electron chi connectivity index (χ3n) is 5.27. The molecule has 1 aliphatic heterocycles. The van der Waals surface area contributed by atoms with E-state index in [9.17, 15) is 13.2 Å². The normalized spacial score (nSPS) is 17.8. The largest absolute Gasteiger partial charge is 0.352 e. The Balaban J connectivity index is 1.50. The van der Waals surface area contributed by atoms with E-state index >= 15 is 0 Å². The highest BCUT2D eigenvalue weighted by Gasteiger charge is 2.31. The van der Waals surface area contributed by atoms with Crippen molar-refractivity contribution in [3.05, 3.63) is 70.7 Å². The van der Waals surface area contributed by atoms with E-state index in [4.69, 9.17) is 11.6 Å². The van der Waals surface area contributed by atoms with Crippen molar-refractivity contribution in [1.82, 2.24) is 9.62 Å². The molecule has 1 heterocycles. The molecule has 156 valence electrons. The van der Waals surface area contributed by atoms with Gasteiger partial charge in [-0.05, 0) is 42.9 Å². The van der Waals surface area contributed by atoms with Crippen molar-refractivity contribution in [2.24, 2.45) is 5.92 Å². The Bertz CT molecular complexity index is 919. The lowest BCUT2D eigenvalue weighted by Crippen LogP contribution is -2.46. The highest BCUT2D eigenvalue weighted by atomic mass is 35.5. The molecule has 0 radical (unpaired) electrons. The Kier molecular flexibility index (Phi) is 7.70. The molecule has 0 spiro atoms. The van der Waals surface area contributed by atoms with Crippen LogP contribution in [0.1, 0.15) is 30.4 Å². The van der Waals surface area contributed by atoms with Crippen LogP contribution in [0.3, 0.4) is 0 Å². The summed E-state index contributed by atoms with van der Waals surface area (Å²) in [6, 6.07) is 17.2. The molecule has 3 rings (SSSR count). The fourth-order valence-electron chi connectivity index (χ4n) is 3.61. The molecule has 1 aliphatic rings. The maximum atomic E-state index is 12.7. The van der Waals surface area contributed by atoms with Crippen molar-refractivity contribution in [1.29, 1.82) is 0 Å². The molecule has 0 aromatic heterocycles. The predicted molar refractivity (Wildman–Crippen MR) is 116 cm³/mol. The molecule has 0 bridgehead atoms. The first-order chi connectivity index (χ1) is 14.0. The van der Waals surface area contributed by atoms with E-state index < -0.39 is 10.0 Å². The molecule has 29 heavy (non-hydrogen) atoms. The number of sulfonamides is 1. The molecule has 1 fully saturated rings. The average molecular weight is 435 g/mol. The van der Waals surface area contributed by atoms with E-state index in [1.165, 1.54) is 4.31 Å². The standard InChI is InChI=1S/C22H27ClN2O3S/c23-21-13-5-4-11-19(21)16-24-22(26)20-12-6-14-25(17-20)29(27,28)15-7-10-18-8-2-1-3-9-18/h1-5,8-9,11,13,20H,6-7,10,12,14-17H2,(H,24,26)/t20-/m1/s1. The molecular weight excluding hydrogens is 408 g/mol. The SMILES string of the molecule is O=C(NCc1ccccc1Cl)[C@@H]1CCCN(S(=O)(=O)CCCc2ccccc2)C1. The van der Waals surface area contributed by atoms with Gasteiger partial charge in [0.2, 0.25) is 15.9 Å². The van der Waals surface area contributed by atoms with Crippen LogP contribution in [0, 0.1) is 5.92 Å². The van der Waals surface area contributed by atoms with E-state index in [1.807, 2.05) is 48.5 Å². The zero-order valence-corrected chi connectivity index (χ0v) is 18.0. The van der Waals surface area contributed by atoms with Crippen LogP contribution < -0.4 is 5.32 Å². The Hall–Kier alpha value is -1.89. The van der Waals surface area contributed by atoms with Crippen molar-refractivity contribution in [3.63, 3.8) is 0 Å². The van der Waals surface area contributed by atoms with Crippen molar-refractivity contribution in [3.8, 4) is 0 Å². The van der Waals surface area contributed by atoms with Crippen LogP contribution in [0.5, 0.6) is 0 Å². The first kappa shape index (κ1) is 21.8. The first-order valence-corrected chi connectivity index (χ1v) is 12.0. The minimum absolute atomic E-state index is 0.107. The summed E-state index contributed by atoms with van der Waals surface area (Å²) < 4.78 is 27.0. The molecule has 0 saturated carbocycles. The average Bonchev–Trinajstić information content (AvgIpc) is 2.74. The lowest BCUT2D eigenvalue weighted by Gasteiger charge is -2.31. The van der Waals surface area contributed by atoms with Crippen LogP contribution in [0.15, 0.2) is 54.6 Å². The summed E-state index contributed by atoms with van der Waals surface area (Å²) in [6.07, 6.45) is 2.70. The van der Waals surface area contributed by atoms with Crippen molar-refractivity contribution >= 4 is 27.5 Å². The Morgan fingerprint density at radius 3 is 2.59 bits per heavy atom. The second-order valence-electron chi connectivity index (χ2n) is 7.41. The summed E-state index contributed by atoms with van der Waals surface area (Å²) in [5, 5.41) is 3.51. The molecule has 2 aromatic carbocycles. The fraction of sp³-hybridized carbons (Fsp3) is 0.409. The van der Waals surface area contributed by atoms with Crippen LogP contribution in [0.25, 0.3) is 0 Å². The number of hydrogen-bond acceptors (Lipinski definition) is 3. The topological polar surface area (TPSA) is 66.5 Å². The van der Waals surface area contributed by atoms with E-state index in [0.717, 1.165) is 17.5 Å². The highest BCUT2D eigenvalue weighted by molar-refractivity contribution is 7.89. The molecular formula is C22H27ClN2O3S. The van der Waals surface area contributed by atoms with Crippen LogP contribution in [0.2, 0.25) is 5.02 Å². The summed E-state index contributed by atoms with van der Waals surface area (Å²) in [5.41, 5.74) is 1.99. The highest BCUT2D eigenvalue weighted by Crippen LogP contribution is 2.21. The van der Waals surface area contributed by atoms with E-state index in [-0.39, 0.29) is 24.1 Å². The Labute approximate surface area is 178 Å². The van der Waals surface area contributed by atoms with E-state index in [0.29, 0.717) is 37.4 Å². The summed E-state index contributed by atoms with van der Waals surface area (Å²) in [6.45, 7) is 1.09. The third kappa shape index (κ3) is 6.29. The number of hydrogen-bond donors (Lipinski definition) is 1. The number of carbonyl (C=O) groups is 1. The lowest BCUT2D eigenvalue weighted by atomic mass is 9.99. The zero-order chi connectivity index (χ0) is 20.7. The fourth-order valence-corrected chi connectivity index (χ4v) is 5.39. The molecule has 2 aromatic rings. The zero-order valence-electron chi connectivity index (χ0n) is 16.4. The van der Waals surface area contributed by atoms with Gasteiger partial charge < -0.3 is 5.32 Å². The molecule has 0 aliphatic carbocycles. The van der Waals surface area contributed by atoms with Crippen molar-refractivity contribution in [2.45, 2.75) is 32.2 Å². The van der Waals surface area contributed by atoms with Gasteiger partial charge in [-0.25, -0.2) is 12.7 Å². The van der Waals surface area contributed by atoms with E-state index in [2.05, 4.69) is 5.32 Å². The Morgan fingerprint density at radius 2 is 1.83 bits per heavy atom. The van der Waals surface area contributed by atoms with Gasteiger partial charge in [-0.2, -0.15) is 0 Å². The number of halogens is 1. The molecule has 7 heteroatoms. The van der Waals surface area contributed by atoms with Gasteiger partial charge in [0.1, 0.15) is 0 Å². The summed E-state index contributed by atoms with van der Waals surface area (Å²) in [4.78, 5) is 12.6. The summed E-state index contributed by atoms with van der Waals surface area (Å²) in [7, 11) is -3.36. The van der Waals surface area contributed by atoms with Crippen LogP contribution >= 0.6 is 11.6 Å². The molecule has 5 nitrogen and oxygen atoms in total. The second-order valence-corrected chi connectivity index (χ2v) is 9.91. The van der Waals surface area contributed by atoms with Crippen molar-refractivity contribution in [2.75, 3.05) is 18.8 Å². The number of amides is 1. The van der Waals surface area contributed by atoms with Gasteiger partial charge >= 0.3 is 0 Å². The number of piperidine rings is 1. The van der Waals surface area contributed by atoms with E-state index in [1.54, 1.807) is 6.07 Å².